The van der Waals surface area contributed by atoms with Crippen molar-refractivity contribution in [1.29, 1.82) is 0 Å². The third-order valence-electron chi connectivity index (χ3n) is 4.48. The van der Waals surface area contributed by atoms with Gasteiger partial charge in [-0.2, -0.15) is 0 Å². The molecular weight excluding hydrogens is 423 g/mol. The van der Waals surface area contributed by atoms with Gasteiger partial charge in [0.15, 0.2) is 9.84 Å². The van der Waals surface area contributed by atoms with Crippen LogP contribution in [0.1, 0.15) is 23.2 Å². The lowest BCUT2D eigenvalue weighted by Gasteiger charge is -2.24. The Morgan fingerprint density at radius 3 is 2.25 bits per heavy atom. The van der Waals surface area contributed by atoms with E-state index in [-0.39, 0.29) is 16.7 Å². The molecule has 2 aromatic rings. The summed E-state index contributed by atoms with van der Waals surface area (Å²) < 4.78 is 23.1. The summed E-state index contributed by atoms with van der Waals surface area (Å²) in [6.07, 6.45) is 2.35. The molecule has 0 radical (unpaired) electrons. The van der Waals surface area contributed by atoms with Gasteiger partial charge in [0.05, 0.1) is 4.90 Å². The first-order chi connectivity index (χ1) is 13.1. The number of carbonyl (C=O) groups excluding carboxylic acids is 2. The summed E-state index contributed by atoms with van der Waals surface area (Å²) in [6.45, 7) is 0.452. The van der Waals surface area contributed by atoms with Crippen molar-refractivity contribution < 1.29 is 18.0 Å². The number of rotatable bonds is 4. The van der Waals surface area contributed by atoms with Gasteiger partial charge < -0.3 is 10.2 Å². The number of sulfone groups is 1. The van der Waals surface area contributed by atoms with Crippen LogP contribution >= 0.6 is 23.2 Å². The number of nitrogens with one attached hydrogen (secondary N) is 1. The van der Waals surface area contributed by atoms with E-state index >= 15 is 0 Å². The minimum absolute atomic E-state index is 0.168. The molecule has 1 aliphatic rings. The molecule has 1 saturated heterocycles. The molecule has 2 amide bonds. The van der Waals surface area contributed by atoms with E-state index < -0.39 is 15.9 Å². The lowest BCUT2D eigenvalue weighted by molar-refractivity contribution is -0.119. The topological polar surface area (TPSA) is 83.6 Å². The predicted molar refractivity (Wildman–Crippen MR) is 109 cm³/mol. The molecule has 6 nitrogen and oxygen atoms in total. The number of hydrogen-bond donors (Lipinski definition) is 1. The number of anilines is 1. The van der Waals surface area contributed by atoms with Gasteiger partial charge in [-0.25, -0.2) is 8.42 Å². The van der Waals surface area contributed by atoms with Gasteiger partial charge >= 0.3 is 0 Å². The molecule has 1 fully saturated rings. The third kappa shape index (κ3) is 4.66. The second-order valence-electron chi connectivity index (χ2n) is 6.60. The zero-order chi connectivity index (χ0) is 20.5. The van der Waals surface area contributed by atoms with E-state index in [1.54, 1.807) is 0 Å². The third-order valence-corrected chi connectivity index (χ3v) is 6.04. The van der Waals surface area contributed by atoms with Crippen molar-refractivity contribution in [2.75, 3.05) is 18.1 Å². The summed E-state index contributed by atoms with van der Waals surface area (Å²) in [7, 11) is -3.31. The zero-order valence-electron chi connectivity index (χ0n) is 15.0. The van der Waals surface area contributed by atoms with Gasteiger partial charge in [-0.3, -0.25) is 9.59 Å². The van der Waals surface area contributed by atoms with E-state index in [1.165, 1.54) is 47.4 Å². The largest absolute Gasteiger partial charge is 0.327 e. The smallest absolute Gasteiger partial charge is 0.254 e. The number of amides is 2. The summed E-state index contributed by atoms with van der Waals surface area (Å²) in [4.78, 5) is 27.2. The van der Waals surface area contributed by atoms with Crippen molar-refractivity contribution in [3.8, 4) is 0 Å². The first-order valence-electron chi connectivity index (χ1n) is 8.53. The highest BCUT2D eigenvalue weighted by molar-refractivity contribution is 7.90. The van der Waals surface area contributed by atoms with Gasteiger partial charge in [0.2, 0.25) is 5.91 Å². The number of carbonyl (C=O) groups is 2. The molecule has 1 atom stereocenters. The Balaban J connectivity index is 1.75. The maximum atomic E-state index is 12.8. The molecule has 1 heterocycles. The molecule has 3 rings (SSSR count). The number of benzene rings is 2. The van der Waals surface area contributed by atoms with Crippen molar-refractivity contribution in [2.45, 2.75) is 23.8 Å². The van der Waals surface area contributed by atoms with E-state index in [1.807, 2.05) is 0 Å². The van der Waals surface area contributed by atoms with E-state index in [2.05, 4.69) is 5.32 Å². The molecule has 9 heteroatoms. The Morgan fingerprint density at radius 2 is 1.68 bits per heavy atom. The van der Waals surface area contributed by atoms with Crippen LogP contribution in [0.25, 0.3) is 0 Å². The van der Waals surface area contributed by atoms with Gasteiger partial charge in [-0.15, -0.1) is 0 Å². The monoisotopic (exact) mass is 440 g/mol. The van der Waals surface area contributed by atoms with Crippen LogP contribution in [0, 0.1) is 0 Å². The second-order valence-corrected chi connectivity index (χ2v) is 9.49. The van der Waals surface area contributed by atoms with Gasteiger partial charge in [0.1, 0.15) is 6.04 Å². The summed E-state index contributed by atoms with van der Waals surface area (Å²) in [6, 6.07) is 9.85. The average molecular weight is 441 g/mol. The molecule has 1 unspecified atom stereocenters. The minimum Gasteiger partial charge on any atom is -0.327 e. The zero-order valence-corrected chi connectivity index (χ0v) is 17.3. The Hall–Kier alpha value is -2.09. The van der Waals surface area contributed by atoms with Crippen LogP contribution in [0.2, 0.25) is 10.0 Å². The fraction of sp³-hybridized carbons (Fsp3) is 0.263. The predicted octanol–water partition coefficient (Wildman–Crippen LogP) is 3.64. The van der Waals surface area contributed by atoms with Crippen LogP contribution in [0.4, 0.5) is 5.69 Å². The van der Waals surface area contributed by atoms with Gasteiger partial charge in [0.25, 0.3) is 5.91 Å². The normalized spacial score (nSPS) is 16.8. The summed E-state index contributed by atoms with van der Waals surface area (Å²) in [5.41, 5.74) is 0.789. The van der Waals surface area contributed by atoms with Crippen molar-refractivity contribution in [3.05, 3.63) is 58.1 Å². The Labute approximate surface area is 173 Å². The summed E-state index contributed by atoms with van der Waals surface area (Å²) >= 11 is 11.9. The van der Waals surface area contributed by atoms with Gasteiger partial charge in [0, 0.05) is 34.1 Å². The summed E-state index contributed by atoms with van der Waals surface area (Å²) in [5.74, 6) is -0.638. The van der Waals surface area contributed by atoms with Gasteiger partial charge in [-0.1, -0.05) is 23.2 Å². The quantitative estimate of drug-likeness (QED) is 0.786. The first-order valence-corrected chi connectivity index (χ1v) is 11.2. The minimum atomic E-state index is -3.31. The Bertz CT molecular complexity index is 1000. The molecule has 0 spiro atoms. The number of likely N-dealkylation sites (tertiary alicyclic amines) is 1. The molecule has 1 N–H and O–H groups in total. The molecular formula is C19H18Cl2N2O4S. The first kappa shape index (κ1) is 20.6. The standard InChI is InChI=1S/C19H18Cl2N2O4S/c1-28(26,27)16-6-4-15(5-7-16)22-18(24)17-3-2-8-23(17)19(25)12-9-13(20)11-14(21)10-12/h4-7,9-11,17H,2-3,8H2,1H3,(H,22,24). The van der Waals surface area contributed by atoms with Crippen LogP contribution < -0.4 is 5.32 Å². The molecule has 0 bridgehead atoms. The Kier molecular flexibility index (Phi) is 5.98. The van der Waals surface area contributed by atoms with Crippen LogP contribution in [-0.4, -0.2) is 44.0 Å². The molecule has 1 aliphatic heterocycles. The van der Waals surface area contributed by atoms with Gasteiger partial charge in [-0.05, 0) is 55.3 Å². The molecule has 0 saturated carbocycles. The fourth-order valence-electron chi connectivity index (χ4n) is 3.14. The lowest BCUT2D eigenvalue weighted by atomic mass is 10.1. The van der Waals surface area contributed by atoms with Crippen molar-refractivity contribution in [1.82, 2.24) is 4.90 Å². The highest BCUT2D eigenvalue weighted by Gasteiger charge is 2.34. The number of nitrogens with zero attached hydrogens (tertiary/aromatic N) is 1. The van der Waals surface area contributed by atoms with Crippen molar-refractivity contribution in [2.24, 2.45) is 0 Å². The fourth-order valence-corrected chi connectivity index (χ4v) is 4.29. The van der Waals surface area contributed by atoms with E-state index in [9.17, 15) is 18.0 Å². The van der Waals surface area contributed by atoms with E-state index in [0.717, 1.165) is 6.26 Å². The van der Waals surface area contributed by atoms with Crippen molar-refractivity contribution in [3.63, 3.8) is 0 Å². The molecule has 28 heavy (non-hydrogen) atoms. The van der Waals surface area contributed by atoms with Crippen molar-refractivity contribution >= 4 is 50.5 Å². The lowest BCUT2D eigenvalue weighted by Crippen LogP contribution is -2.43. The molecule has 0 aromatic heterocycles. The van der Waals surface area contributed by atoms with E-state index in [4.69, 9.17) is 23.2 Å². The van der Waals surface area contributed by atoms with Crippen LogP contribution in [0.15, 0.2) is 47.4 Å². The van der Waals surface area contributed by atoms with Crippen LogP contribution in [0.5, 0.6) is 0 Å². The average Bonchev–Trinajstić information content (AvgIpc) is 3.09. The maximum Gasteiger partial charge on any atom is 0.254 e. The number of hydrogen-bond acceptors (Lipinski definition) is 4. The highest BCUT2D eigenvalue weighted by atomic mass is 35.5. The number of halogens is 2. The van der Waals surface area contributed by atoms with Crippen LogP contribution in [-0.2, 0) is 14.6 Å². The maximum absolute atomic E-state index is 12.8. The second kappa shape index (κ2) is 8.11. The SMILES string of the molecule is CS(=O)(=O)c1ccc(NC(=O)C2CCCN2C(=O)c2cc(Cl)cc(Cl)c2)cc1. The van der Waals surface area contributed by atoms with Crippen LogP contribution in [0.3, 0.4) is 0 Å². The Morgan fingerprint density at radius 1 is 1.07 bits per heavy atom. The van der Waals surface area contributed by atoms with E-state index in [0.29, 0.717) is 40.7 Å². The summed E-state index contributed by atoms with van der Waals surface area (Å²) in [5, 5.41) is 3.44. The molecule has 2 aromatic carbocycles. The molecule has 0 aliphatic carbocycles. The highest BCUT2D eigenvalue weighted by Crippen LogP contribution is 2.25. The molecule has 148 valence electrons.